The van der Waals surface area contributed by atoms with Gasteiger partial charge in [-0.1, -0.05) is 23.7 Å². The molecule has 1 amide bonds. The SMILES string of the molecule is CC[C@H](Sc1ccc(Cl)cc1)C(=O)N(C)Cc1nc(-c2ccc(OC)cc2)no1. The zero-order valence-electron chi connectivity index (χ0n) is 16.5. The minimum absolute atomic E-state index is 0.0108. The number of aromatic nitrogens is 2. The molecule has 0 fully saturated rings. The van der Waals surface area contributed by atoms with Crippen molar-refractivity contribution in [1.82, 2.24) is 15.0 Å². The molecule has 0 aliphatic carbocycles. The molecule has 0 bridgehead atoms. The molecule has 2 aromatic carbocycles. The zero-order chi connectivity index (χ0) is 20.8. The van der Waals surface area contributed by atoms with E-state index in [-0.39, 0.29) is 17.7 Å². The Balaban J connectivity index is 1.63. The molecule has 0 aliphatic rings. The molecule has 1 atom stereocenters. The van der Waals surface area contributed by atoms with Crippen LogP contribution in [-0.2, 0) is 11.3 Å². The monoisotopic (exact) mass is 431 g/mol. The normalized spacial score (nSPS) is 11.9. The minimum atomic E-state index is -0.204. The van der Waals surface area contributed by atoms with E-state index in [0.717, 1.165) is 16.2 Å². The number of hydrogen-bond donors (Lipinski definition) is 0. The first-order chi connectivity index (χ1) is 14.0. The molecule has 0 spiro atoms. The van der Waals surface area contributed by atoms with E-state index in [4.69, 9.17) is 20.9 Å². The molecule has 1 heterocycles. The lowest BCUT2D eigenvalue weighted by Crippen LogP contribution is -2.34. The maximum Gasteiger partial charge on any atom is 0.246 e. The van der Waals surface area contributed by atoms with Crippen LogP contribution in [0.3, 0.4) is 0 Å². The molecule has 8 heteroatoms. The minimum Gasteiger partial charge on any atom is -0.497 e. The molecule has 0 N–H and O–H groups in total. The van der Waals surface area contributed by atoms with Gasteiger partial charge in [0, 0.05) is 22.5 Å². The standard InChI is InChI=1S/C21H22ClN3O3S/c1-4-18(29-17-11-7-15(22)8-12-17)21(26)25(2)13-19-23-20(24-28-19)14-5-9-16(27-3)10-6-14/h5-12,18H,4,13H2,1-3H3/t18-/m0/s1. The highest BCUT2D eigenvalue weighted by Gasteiger charge is 2.23. The first-order valence-corrected chi connectivity index (χ1v) is 10.4. The molecule has 0 unspecified atom stereocenters. The smallest absolute Gasteiger partial charge is 0.246 e. The van der Waals surface area contributed by atoms with Gasteiger partial charge < -0.3 is 14.2 Å². The summed E-state index contributed by atoms with van der Waals surface area (Å²) in [7, 11) is 3.35. The number of carbonyl (C=O) groups is 1. The van der Waals surface area contributed by atoms with Gasteiger partial charge in [-0.2, -0.15) is 4.98 Å². The number of rotatable bonds is 8. The summed E-state index contributed by atoms with van der Waals surface area (Å²) in [4.78, 5) is 19.9. The van der Waals surface area contributed by atoms with Crippen LogP contribution in [0.1, 0.15) is 19.2 Å². The van der Waals surface area contributed by atoms with E-state index in [1.807, 2.05) is 55.5 Å². The summed E-state index contributed by atoms with van der Waals surface area (Å²) >= 11 is 7.45. The Kier molecular flexibility index (Phi) is 7.17. The third kappa shape index (κ3) is 5.52. The number of nitrogens with zero attached hydrogens (tertiary/aromatic N) is 3. The van der Waals surface area contributed by atoms with Crippen LogP contribution in [-0.4, -0.2) is 40.4 Å². The fourth-order valence-corrected chi connectivity index (χ4v) is 3.88. The summed E-state index contributed by atoms with van der Waals surface area (Å²) in [5, 5.41) is 4.48. The molecule has 0 aliphatic heterocycles. The van der Waals surface area contributed by atoms with Crippen LogP contribution in [0.25, 0.3) is 11.4 Å². The second-order valence-corrected chi connectivity index (χ2v) is 8.12. The van der Waals surface area contributed by atoms with E-state index < -0.39 is 0 Å². The molecule has 6 nitrogen and oxygen atoms in total. The van der Waals surface area contributed by atoms with Crippen LogP contribution in [0.5, 0.6) is 5.75 Å². The molecule has 0 radical (unpaired) electrons. The number of hydrogen-bond acceptors (Lipinski definition) is 6. The van der Waals surface area contributed by atoms with E-state index in [2.05, 4.69) is 10.1 Å². The molecule has 3 aromatic rings. The Hall–Kier alpha value is -2.51. The van der Waals surface area contributed by atoms with Crippen LogP contribution < -0.4 is 4.74 Å². The lowest BCUT2D eigenvalue weighted by molar-refractivity contribution is -0.130. The van der Waals surface area contributed by atoms with Crippen molar-refractivity contribution in [3.05, 3.63) is 59.4 Å². The molecular weight excluding hydrogens is 410 g/mol. The third-order valence-corrected chi connectivity index (χ3v) is 5.92. The van der Waals surface area contributed by atoms with Crippen molar-refractivity contribution in [3.63, 3.8) is 0 Å². The Bertz CT molecular complexity index is 945. The topological polar surface area (TPSA) is 68.5 Å². The summed E-state index contributed by atoms with van der Waals surface area (Å²) in [5.41, 5.74) is 0.819. The second-order valence-electron chi connectivity index (χ2n) is 6.40. The largest absolute Gasteiger partial charge is 0.497 e. The van der Waals surface area contributed by atoms with Gasteiger partial charge >= 0.3 is 0 Å². The average molecular weight is 432 g/mol. The van der Waals surface area contributed by atoms with E-state index in [9.17, 15) is 4.79 Å². The first-order valence-electron chi connectivity index (χ1n) is 9.14. The first kappa shape index (κ1) is 21.2. The van der Waals surface area contributed by atoms with E-state index in [0.29, 0.717) is 23.2 Å². The molecule has 152 valence electrons. The van der Waals surface area contributed by atoms with Gasteiger partial charge in [0.2, 0.25) is 17.6 Å². The Labute approximate surface area is 179 Å². The fourth-order valence-electron chi connectivity index (χ4n) is 2.69. The fraction of sp³-hybridized carbons (Fsp3) is 0.286. The molecular formula is C21H22ClN3O3S. The highest BCUT2D eigenvalue weighted by atomic mass is 35.5. The van der Waals surface area contributed by atoms with Crippen LogP contribution in [0.15, 0.2) is 57.9 Å². The van der Waals surface area contributed by atoms with E-state index >= 15 is 0 Å². The van der Waals surface area contributed by atoms with Crippen LogP contribution in [0.4, 0.5) is 0 Å². The molecule has 0 saturated carbocycles. The summed E-state index contributed by atoms with van der Waals surface area (Å²) in [5.74, 6) is 1.63. The predicted molar refractivity (Wildman–Crippen MR) is 114 cm³/mol. The number of benzene rings is 2. The van der Waals surface area contributed by atoms with Crippen molar-refractivity contribution >= 4 is 29.3 Å². The van der Waals surface area contributed by atoms with Crippen molar-refractivity contribution in [3.8, 4) is 17.1 Å². The van der Waals surface area contributed by atoms with Gasteiger partial charge in [0.05, 0.1) is 18.9 Å². The average Bonchev–Trinajstić information content (AvgIpc) is 3.21. The van der Waals surface area contributed by atoms with E-state index in [1.54, 1.807) is 19.1 Å². The van der Waals surface area contributed by atoms with Gasteiger partial charge in [-0.05, 0) is 55.0 Å². The molecule has 3 rings (SSSR count). The van der Waals surface area contributed by atoms with Gasteiger partial charge in [0.15, 0.2) is 0 Å². The van der Waals surface area contributed by atoms with Gasteiger partial charge in [-0.3, -0.25) is 4.79 Å². The summed E-state index contributed by atoms with van der Waals surface area (Å²) in [6, 6.07) is 14.9. The number of thioether (sulfide) groups is 1. The maximum absolute atomic E-state index is 12.9. The number of ether oxygens (including phenoxy) is 1. The maximum atomic E-state index is 12.9. The van der Waals surface area contributed by atoms with Crippen molar-refractivity contribution in [2.75, 3.05) is 14.2 Å². The predicted octanol–water partition coefficient (Wildman–Crippen LogP) is 4.93. The van der Waals surface area contributed by atoms with Crippen LogP contribution in [0, 0.1) is 0 Å². The lowest BCUT2D eigenvalue weighted by atomic mass is 10.2. The number of carbonyl (C=O) groups excluding carboxylic acids is 1. The van der Waals surface area contributed by atoms with Crippen molar-refractivity contribution in [2.24, 2.45) is 0 Å². The molecule has 1 aromatic heterocycles. The molecule has 0 saturated heterocycles. The van der Waals surface area contributed by atoms with Crippen LogP contribution in [0.2, 0.25) is 5.02 Å². The van der Waals surface area contributed by atoms with Crippen LogP contribution >= 0.6 is 23.4 Å². The van der Waals surface area contributed by atoms with Gasteiger partial charge in [0.1, 0.15) is 5.75 Å². The summed E-state index contributed by atoms with van der Waals surface area (Å²) in [6.07, 6.45) is 0.706. The van der Waals surface area contributed by atoms with Crippen molar-refractivity contribution in [2.45, 2.75) is 30.0 Å². The Morgan fingerprint density at radius 3 is 2.52 bits per heavy atom. The summed E-state index contributed by atoms with van der Waals surface area (Å²) < 4.78 is 10.5. The Morgan fingerprint density at radius 2 is 1.90 bits per heavy atom. The van der Waals surface area contributed by atoms with Gasteiger partial charge in [-0.15, -0.1) is 11.8 Å². The van der Waals surface area contributed by atoms with Crippen molar-refractivity contribution < 1.29 is 14.1 Å². The third-order valence-electron chi connectivity index (χ3n) is 4.30. The Morgan fingerprint density at radius 1 is 1.21 bits per heavy atom. The van der Waals surface area contributed by atoms with Gasteiger partial charge in [0.25, 0.3) is 0 Å². The zero-order valence-corrected chi connectivity index (χ0v) is 18.0. The number of halogens is 1. The van der Waals surface area contributed by atoms with Gasteiger partial charge in [-0.25, -0.2) is 0 Å². The molecule has 29 heavy (non-hydrogen) atoms. The quantitative estimate of drug-likeness (QED) is 0.471. The number of methoxy groups -OCH3 is 1. The number of amides is 1. The highest BCUT2D eigenvalue weighted by Crippen LogP contribution is 2.28. The van der Waals surface area contributed by atoms with E-state index in [1.165, 1.54) is 11.8 Å². The summed E-state index contributed by atoms with van der Waals surface area (Å²) in [6.45, 7) is 2.24. The lowest BCUT2D eigenvalue weighted by Gasteiger charge is -2.21. The second kappa shape index (κ2) is 9.80. The van der Waals surface area contributed by atoms with Crippen molar-refractivity contribution in [1.29, 1.82) is 0 Å². The highest BCUT2D eigenvalue weighted by molar-refractivity contribution is 8.00.